The average Bonchev–Trinajstić information content (AvgIpc) is 3.07. The summed E-state index contributed by atoms with van der Waals surface area (Å²) in [5.41, 5.74) is 4.17. The molecular formula is C36H48N2O7S. The number of hydrogen-bond donors (Lipinski definition) is 0. The van der Waals surface area contributed by atoms with Crippen molar-refractivity contribution in [3.8, 4) is 11.5 Å². The molecule has 0 aromatic heterocycles. The summed E-state index contributed by atoms with van der Waals surface area (Å²) in [5, 5.41) is 0. The summed E-state index contributed by atoms with van der Waals surface area (Å²) >= 11 is 0. The molecule has 1 saturated heterocycles. The van der Waals surface area contributed by atoms with Gasteiger partial charge in [0.05, 0.1) is 43.1 Å². The molecule has 10 heteroatoms. The predicted molar refractivity (Wildman–Crippen MR) is 180 cm³/mol. The van der Waals surface area contributed by atoms with E-state index in [0.717, 1.165) is 53.4 Å². The van der Waals surface area contributed by atoms with Crippen LogP contribution in [0.3, 0.4) is 0 Å². The Labute approximate surface area is 274 Å². The summed E-state index contributed by atoms with van der Waals surface area (Å²) < 4.78 is 59.1. The van der Waals surface area contributed by atoms with Gasteiger partial charge in [-0.05, 0) is 80.6 Å². The van der Waals surface area contributed by atoms with Crippen LogP contribution in [0, 0.1) is 6.92 Å². The summed E-state index contributed by atoms with van der Waals surface area (Å²) in [4.78, 5) is 2.62. The monoisotopic (exact) mass is 652 g/mol. The second-order valence-corrected chi connectivity index (χ2v) is 14.2. The fourth-order valence-electron chi connectivity index (χ4n) is 6.46. The molecule has 9 nitrogen and oxygen atoms in total. The zero-order chi connectivity index (χ0) is 32.7. The molecule has 0 bridgehead atoms. The first kappa shape index (κ1) is 34.2. The van der Waals surface area contributed by atoms with Crippen molar-refractivity contribution in [2.75, 3.05) is 59.1 Å². The van der Waals surface area contributed by atoms with E-state index in [4.69, 9.17) is 23.7 Å². The fourth-order valence-corrected chi connectivity index (χ4v) is 8.12. The second kappa shape index (κ2) is 15.6. The number of nitrogens with zero attached hydrogens (tertiary/aromatic N) is 2. The third-order valence-corrected chi connectivity index (χ3v) is 11.1. The van der Waals surface area contributed by atoms with Gasteiger partial charge in [-0.25, -0.2) is 8.42 Å². The Morgan fingerprint density at radius 2 is 1.76 bits per heavy atom. The molecule has 3 aromatic rings. The van der Waals surface area contributed by atoms with Crippen molar-refractivity contribution in [2.45, 2.75) is 68.8 Å². The van der Waals surface area contributed by atoms with Crippen LogP contribution in [0.2, 0.25) is 0 Å². The van der Waals surface area contributed by atoms with Crippen molar-refractivity contribution in [2.24, 2.45) is 0 Å². The van der Waals surface area contributed by atoms with Crippen molar-refractivity contribution in [3.63, 3.8) is 0 Å². The van der Waals surface area contributed by atoms with Gasteiger partial charge in [-0.15, -0.1) is 0 Å². The minimum Gasteiger partial charge on any atom is -0.497 e. The van der Waals surface area contributed by atoms with Gasteiger partial charge in [0, 0.05) is 45.9 Å². The van der Waals surface area contributed by atoms with Crippen molar-refractivity contribution in [1.29, 1.82) is 0 Å². The number of piperidine rings is 1. The topological polar surface area (TPSA) is 86.8 Å². The minimum absolute atomic E-state index is 0.0315. The number of ether oxygens (including phenoxy) is 5. The molecule has 5 rings (SSSR count). The summed E-state index contributed by atoms with van der Waals surface area (Å²) in [6.07, 6.45) is 1.61. The first-order valence-corrected chi connectivity index (χ1v) is 17.5. The number of benzene rings is 3. The molecule has 0 aliphatic carbocycles. The van der Waals surface area contributed by atoms with Gasteiger partial charge in [0.15, 0.2) is 0 Å². The van der Waals surface area contributed by atoms with Gasteiger partial charge in [0.25, 0.3) is 0 Å². The molecule has 0 saturated carbocycles. The van der Waals surface area contributed by atoms with Crippen LogP contribution in [0.5, 0.6) is 11.5 Å². The number of anilines is 1. The van der Waals surface area contributed by atoms with Crippen molar-refractivity contribution < 1.29 is 32.1 Å². The lowest BCUT2D eigenvalue weighted by Crippen LogP contribution is -2.53. The molecule has 2 aliphatic rings. The van der Waals surface area contributed by atoms with Crippen LogP contribution in [-0.2, 0) is 30.8 Å². The van der Waals surface area contributed by atoms with Gasteiger partial charge in [0.1, 0.15) is 18.1 Å². The average molecular weight is 653 g/mol. The molecule has 3 aromatic carbocycles. The van der Waals surface area contributed by atoms with Crippen LogP contribution in [0.4, 0.5) is 5.69 Å². The number of hydrogen-bond acceptors (Lipinski definition) is 8. The number of sulfonamides is 1. The maximum absolute atomic E-state index is 14.2. The second-order valence-electron chi connectivity index (χ2n) is 12.3. The van der Waals surface area contributed by atoms with Crippen LogP contribution < -0.4 is 14.4 Å². The molecule has 2 aliphatic heterocycles. The summed E-state index contributed by atoms with van der Waals surface area (Å²) in [7, 11) is 1.24. The van der Waals surface area contributed by atoms with E-state index in [1.54, 1.807) is 37.8 Å². The fraction of sp³-hybridized carbons (Fsp3) is 0.500. The number of fused-ring (bicyclic) bond motifs is 1. The number of rotatable bonds is 14. The standard InChI is InChI=1S/C36H48N2O7S/c1-26-7-14-32(15-8-26)46(39,40)38-24-36(33(23-30(38)21-27(2)42-4)29-10-12-31(43-5)13-11-29)45-25-28-9-16-35-34(22-28)37(18-20-44-35)17-6-19-41-3/h7-16,22,27,30,33,36H,6,17-21,23-25H2,1-5H3/t27?,30-,33?,36+/m0/s1. The largest absolute Gasteiger partial charge is 0.497 e. The lowest BCUT2D eigenvalue weighted by Gasteiger charge is -2.44. The Balaban J connectivity index is 1.45. The van der Waals surface area contributed by atoms with E-state index in [1.807, 2.05) is 50.2 Å². The summed E-state index contributed by atoms with van der Waals surface area (Å²) in [5.74, 6) is 1.61. The molecule has 1 fully saturated rings. The van der Waals surface area contributed by atoms with Crippen LogP contribution in [0.15, 0.2) is 71.6 Å². The van der Waals surface area contributed by atoms with Crippen LogP contribution in [0.1, 0.15) is 48.8 Å². The smallest absolute Gasteiger partial charge is 0.243 e. The SMILES string of the molecule is COCCCN1CCOc2ccc(CO[C@@H]3CN(S(=O)(=O)c4ccc(C)cc4)[C@@H](CC(C)OC)CC3c3ccc(OC)cc3)cc21. The zero-order valence-corrected chi connectivity index (χ0v) is 28.5. The molecule has 0 radical (unpaired) electrons. The number of aryl methyl sites for hydroxylation is 1. The normalized spacial score (nSPS) is 21.0. The van der Waals surface area contributed by atoms with Crippen LogP contribution in [0.25, 0.3) is 0 Å². The molecule has 0 N–H and O–H groups in total. The lowest BCUT2D eigenvalue weighted by atomic mass is 9.82. The van der Waals surface area contributed by atoms with Crippen molar-refractivity contribution >= 4 is 15.7 Å². The molecular weight excluding hydrogens is 604 g/mol. The maximum Gasteiger partial charge on any atom is 0.243 e. The van der Waals surface area contributed by atoms with E-state index in [2.05, 4.69) is 23.1 Å². The van der Waals surface area contributed by atoms with E-state index >= 15 is 0 Å². The third-order valence-electron chi connectivity index (χ3n) is 9.14. The van der Waals surface area contributed by atoms with Gasteiger partial charge < -0.3 is 28.6 Å². The molecule has 4 atom stereocenters. The van der Waals surface area contributed by atoms with E-state index in [1.165, 1.54) is 0 Å². The van der Waals surface area contributed by atoms with E-state index in [-0.39, 0.29) is 35.6 Å². The highest BCUT2D eigenvalue weighted by molar-refractivity contribution is 7.89. The highest BCUT2D eigenvalue weighted by Crippen LogP contribution is 2.40. The highest BCUT2D eigenvalue weighted by atomic mass is 32.2. The lowest BCUT2D eigenvalue weighted by molar-refractivity contribution is -0.0276. The maximum atomic E-state index is 14.2. The molecule has 0 spiro atoms. The molecule has 46 heavy (non-hydrogen) atoms. The van der Waals surface area contributed by atoms with Gasteiger partial charge in [0.2, 0.25) is 10.0 Å². The Kier molecular flexibility index (Phi) is 11.6. The van der Waals surface area contributed by atoms with Crippen molar-refractivity contribution in [3.05, 3.63) is 83.4 Å². The summed E-state index contributed by atoms with van der Waals surface area (Å²) in [6, 6.07) is 21.0. The Hall–Kier alpha value is -3.15. The van der Waals surface area contributed by atoms with Crippen LogP contribution >= 0.6 is 0 Å². The molecule has 2 heterocycles. The molecule has 2 unspecified atom stereocenters. The predicted octanol–water partition coefficient (Wildman–Crippen LogP) is 5.80. The van der Waals surface area contributed by atoms with E-state index in [9.17, 15) is 8.42 Å². The van der Waals surface area contributed by atoms with Gasteiger partial charge >= 0.3 is 0 Å². The Morgan fingerprint density at radius 1 is 1.00 bits per heavy atom. The molecule has 0 amide bonds. The van der Waals surface area contributed by atoms with Gasteiger partial charge in [-0.1, -0.05) is 35.9 Å². The van der Waals surface area contributed by atoms with Gasteiger partial charge in [-0.3, -0.25) is 0 Å². The highest BCUT2D eigenvalue weighted by Gasteiger charge is 2.43. The quantitative estimate of drug-likeness (QED) is 0.202. The first-order chi connectivity index (χ1) is 22.2. The minimum atomic E-state index is -3.80. The Bertz CT molecular complexity index is 1510. The van der Waals surface area contributed by atoms with Crippen LogP contribution in [-0.4, -0.2) is 85.2 Å². The number of methoxy groups -OCH3 is 3. The Morgan fingerprint density at radius 3 is 2.46 bits per heavy atom. The first-order valence-electron chi connectivity index (χ1n) is 16.1. The van der Waals surface area contributed by atoms with Crippen molar-refractivity contribution in [1.82, 2.24) is 4.31 Å². The third kappa shape index (κ3) is 8.04. The zero-order valence-electron chi connectivity index (χ0n) is 27.7. The summed E-state index contributed by atoms with van der Waals surface area (Å²) in [6.45, 7) is 7.56. The molecule has 250 valence electrons. The van der Waals surface area contributed by atoms with E-state index < -0.39 is 10.0 Å². The van der Waals surface area contributed by atoms with Gasteiger partial charge in [-0.2, -0.15) is 4.31 Å². The van der Waals surface area contributed by atoms with E-state index in [0.29, 0.717) is 32.7 Å².